The van der Waals surface area contributed by atoms with Crippen molar-refractivity contribution >= 4 is 18.0 Å². The summed E-state index contributed by atoms with van der Waals surface area (Å²) in [6.07, 6.45) is 5.04. The maximum absolute atomic E-state index is 11.4. The van der Waals surface area contributed by atoms with Gasteiger partial charge >= 0.3 is 12.1 Å². The first-order valence-corrected chi connectivity index (χ1v) is 7.68. The highest BCUT2D eigenvalue weighted by Crippen LogP contribution is 2.22. The molecule has 22 heavy (non-hydrogen) atoms. The van der Waals surface area contributed by atoms with Crippen LogP contribution in [-0.2, 0) is 19.1 Å². The van der Waals surface area contributed by atoms with Crippen LogP contribution in [0.2, 0.25) is 0 Å². The molecule has 128 valence electrons. The Labute approximate surface area is 131 Å². The lowest BCUT2D eigenvalue weighted by Crippen LogP contribution is -2.33. The van der Waals surface area contributed by atoms with Gasteiger partial charge in [0.05, 0.1) is 0 Å². The maximum atomic E-state index is 11.4. The fourth-order valence-electron chi connectivity index (χ4n) is 2.10. The molecule has 0 aliphatic heterocycles. The van der Waals surface area contributed by atoms with Crippen molar-refractivity contribution in [3.63, 3.8) is 0 Å². The van der Waals surface area contributed by atoms with Crippen molar-refractivity contribution in [2.45, 2.75) is 65.6 Å². The predicted octanol–water partition coefficient (Wildman–Crippen LogP) is 2.68. The van der Waals surface area contributed by atoms with Gasteiger partial charge in [0, 0.05) is 26.8 Å². The molecule has 7 heteroatoms. The molecule has 1 rings (SSSR count). The van der Waals surface area contributed by atoms with Crippen LogP contribution in [0.5, 0.6) is 0 Å². The van der Waals surface area contributed by atoms with E-state index in [2.05, 4.69) is 5.32 Å². The van der Waals surface area contributed by atoms with E-state index < -0.39 is 18.4 Å². The highest BCUT2D eigenvalue weighted by atomic mass is 16.7. The lowest BCUT2D eigenvalue weighted by atomic mass is 9.89. The fourth-order valence-corrected chi connectivity index (χ4v) is 2.10. The van der Waals surface area contributed by atoms with E-state index in [0.717, 1.165) is 6.92 Å². The van der Waals surface area contributed by atoms with Crippen LogP contribution in [0.25, 0.3) is 0 Å². The average Bonchev–Trinajstić information content (AvgIpc) is 2.45. The highest BCUT2D eigenvalue weighted by Gasteiger charge is 2.16. The van der Waals surface area contributed by atoms with Gasteiger partial charge in [0.25, 0.3) is 5.97 Å². The van der Waals surface area contributed by atoms with Gasteiger partial charge in [-0.2, -0.15) is 0 Å². The molecule has 0 saturated heterocycles. The molecular formula is C15H27NO6. The van der Waals surface area contributed by atoms with Crippen molar-refractivity contribution in [1.82, 2.24) is 5.32 Å². The van der Waals surface area contributed by atoms with Crippen LogP contribution in [0.3, 0.4) is 0 Å². The number of ether oxygens (including phenoxy) is 2. The van der Waals surface area contributed by atoms with Gasteiger partial charge in [-0.25, -0.2) is 4.79 Å². The van der Waals surface area contributed by atoms with Crippen LogP contribution in [0.4, 0.5) is 4.79 Å². The zero-order valence-corrected chi connectivity index (χ0v) is 13.6. The molecule has 7 nitrogen and oxygen atoms in total. The number of carboxylic acid groups (broad SMARTS) is 1. The summed E-state index contributed by atoms with van der Waals surface area (Å²) in [6.45, 7) is 4.96. The number of amides is 1. The molecular weight excluding hydrogens is 290 g/mol. The standard InChI is InChI=1S/C13H23NO4.C2H4O2/c1-3-12(15)17-10(2)18-13(16)14-9-11-7-5-4-6-8-11;1-2(3)4/h10-11H,3-9H2,1-2H3,(H,14,16);1H3,(H,3,4). The Balaban J connectivity index is 0.000000980. The summed E-state index contributed by atoms with van der Waals surface area (Å²) in [4.78, 5) is 31.4. The average molecular weight is 317 g/mol. The van der Waals surface area contributed by atoms with E-state index in [1.165, 1.54) is 39.0 Å². The van der Waals surface area contributed by atoms with E-state index in [9.17, 15) is 9.59 Å². The minimum absolute atomic E-state index is 0.275. The van der Waals surface area contributed by atoms with E-state index in [1.807, 2.05) is 0 Å². The fraction of sp³-hybridized carbons (Fsp3) is 0.800. The molecule has 0 heterocycles. The van der Waals surface area contributed by atoms with Crippen molar-refractivity contribution < 1.29 is 29.0 Å². The van der Waals surface area contributed by atoms with Crippen LogP contribution in [-0.4, -0.2) is 36.0 Å². The third-order valence-electron chi connectivity index (χ3n) is 3.12. The first-order chi connectivity index (χ1) is 10.3. The second-order valence-electron chi connectivity index (χ2n) is 5.22. The number of rotatable bonds is 5. The summed E-state index contributed by atoms with van der Waals surface area (Å²) in [5.74, 6) is -0.651. The third kappa shape index (κ3) is 12.0. The summed E-state index contributed by atoms with van der Waals surface area (Å²) in [6, 6.07) is 0. The summed E-state index contributed by atoms with van der Waals surface area (Å²) < 4.78 is 9.76. The van der Waals surface area contributed by atoms with Gasteiger partial charge in [-0.3, -0.25) is 9.59 Å². The van der Waals surface area contributed by atoms with Crippen LogP contribution in [0.15, 0.2) is 0 Å². The van der Waals surface area contributed by atoms with Gasteiger partial charge in [0.1, 0.15) is 0 Å². The van der Waals surface area contributed by atoms with Crippen molar-refractivity contribution in [2.24, 2.45) is 5.92 Å². The number of nitrogens with one attached hydrogen (secondary N) is 1. The smallest absolute Gasteiger partial charge is 0.410 e. The van der Waals surface area contributed by atoms with Crippen LogP contribution < -0.4 is 5.32 Å². The number of esters is 1. The number of carboxylic acids is 1. The van der Waals surface area contributed by atoms with Crippen LogP contribution in [0.1, 0.15) is 59.3 Å². The maximum Gasteiger partial charge on any atom is 0.410 e. The molecule has 1 aliphatic carbocycles. The Hall–Kier alpha value is -1.79. The topological polar surface area (TPSA) is 102 Å². The largest absolute Gasteiger partial charge is 0.481 e. The minimum Gasteiger partial charge on any atom is -0.481 e. The van der Waals surface area contributed by atoms with E-state index in [0.29, 0.717) is 12.5 Å². The summed E-state index contributed by atoms with van der Waals surface area (Å²) in [5, 5.41) is 10.1. The lowest BCUT2D eigenvalue weighted by Gasteiger charge is -2.22. The Morgan fingerprint density at radius 1 is 1.18 bits per heavy atom. The molecule has 1 unspecified atom stereocenters. The van der Waals surface area contributed by atoms with Crippen molar-refractivity contribution in [1.29, 1.82) is 0 Å². The summed E-state index contributed by atoms with van der Waals surface area (Å²) >= 11 is 0. The molecule has 0 aromatic heterocycles. The number of carbonyl (C=O) groups is 3. The second kappa shape index (κ2) is 11.8. The van der Waals surface area contributed by atoms with Gasteiger partial charge in [0.2, 0.25) is 6.29 Å². The molecule has 1 fully saturated rings. The zero-order valence-electron chi connectivity index (χ0n) is 13.6. The van der Waals surface area contributed by atoms with Gasteiger partial charge in [-0.05, 0) is 18.8 Å². The molecule has 1 aliphatic rings. The molecule has 2 N–H and O–H groups in total. The first-order valence-electron chi connectivity index (χ1n) is 7.68. The number of carbonyl (C=O) groups excluding carboxylic acids is 2. The van der Waals surface area contributed by atoms with E-state index in [4.69, 9.17) is 19.4 Å². The molecule has 0 aromatic carbocycles. The minimum atomic E-state index is -0.833. The van der Waals surface area contributed by atoms with Crippen LogP contribution in [0, 0.1) is 5.92 Å². The summed E-state index contributed by atoms with van der Waals surface area (Å²) in [7, 11) is 0. The predicted molar refractivity (Wildman–Crippen MR) is 80.2 cm³/mol. The van der Waals surface area contributed by atoms with Crippen molar-refractivity contribution in [2.75, 3.05) is 6.54 Å². The molecule has 0 bridgehead atoms. The quantitative estimate of drug-likeness (QED) is 0.597. The van der Waals surface area contributed by atoms with E-state index >= 15 is 0 Å². The third-order valence-corrected chi connectivity index (χ3v) is 3.12. The molecule has 1 saturated carbocycles. The van der Waals surface area contributed by atoms with Gasteiger partial charge in [-0.1, -0.05) is 26.2 Å². The lowest BCUT2D eigenvalue weighted by molar-refractivity contribution is -0.164. The molecule has 0 aromatic rings. The highest BCUT2D eigenvalue weighted by molar-refractivity contribution is 5.70. The number of hydrogen-bond donors (Lipinski definition) is 2. The van der Waals surface area contributed by atoms with Crippen molar-refractivity contribution in [3.8, 4) is 0 Å². The van der Waals surface area contributed by atoms with Crippen molar-refractivity contribution in [3.05, 3.63) is 0 Å². The molecule has 0 spiro atoms. The number of hydrogen-bond acceptors (Lipinski definition) is 5. The second-order valence-corrected chi connectivity index (χ2v) is 5.22. The van der Waals surface area contributed by atoms with Gasteiger partial charge in [0.15, 0.2) is 0 Å². The first kappa shape index (κ1) is 20.2. The van der Waals surface area contributed by atoms with Gasteiger partial charge < -0.3 is 19.9 Å². The number of alkyl carbamates (subject to hydrolysis) is 1. The Morgan fingerprint density at radius 2 is 1.73 bits per heavy atom. The molecule has 1 amide bonds. The Kier molecular flexibility index (Phi) is 10.9. The normalized spacial score (nSPS) is 15.8. The summed E-state index contributed by atoms with van der Waals surface area (Å²) in [5.41, 5.74) is 0. The SMILES string of the molecule is CC(=O)O.CCC(=O)OC(C)OC(=O)NCC1CCCCC1. The molecule has 1 atom stereocenters. The van der Waals surface area contributed by atoms with Gasteiger partial charge in [-0.15, -0.1) is 0 Å². The van der Waals surface area contributed by atoms with E-state index in [1.54, 1.807) is 6.92 Å². The number of aliphatic carboxylic acids is 1. The molecule has 0 radical (unpaired) electrons. The van der Waals surface area contributed by atoms with Crippen LogP contribution >= 0.6 is 0 Å². The monoisotopic (exact) mass is 317 g/mol. The van der Waals surface area contributed by atoms with E-state index in [-0.39, 0.29) is 12.4 Å². The Bertz CT molecular complexity index is 348. The Morgan fingerprint density at radius 3 is 2.23 bits per heavy atom. The zero-order chi connectivity index (χ0) is 17.0.